The van der Waals surface area contributed by atoms with Crippen LogP contribution in [0.25, 0.3) is 137 Å². The smallest absolute Gasteiger partial charge is 0.159 e. The lowest BCUT2D eigenvalue weighted by atomic mass is 9.98. The minimum atomic E-state index is 0.804. The summed E-state index contributed by atoms with van der Waals surface area (Å²) >= 11 is 0. The van der Waals surface area contributed by atoms with E-state index in [1.54, 1.807) is 0 Å². The van der Waals surface area contributed by atoms with Crippen LogP contribution in [-0.2, 0) is 0 Å². The Morgan fingerprint density at radius 3 is 1.65 bits per heavy atom. The van der Waals surface area contributed by atoms with Gasteiger partial charge >= 0.3 is 0 Å². The maximum absolute atomic E-state index is 6.80. The van der Waals surface area contributed by atoms with Crippen molar-refractivity contribution in [3.63, 3.8) is 0 Å². The highest BCUT2D eigenvalue weighted by Crippen LogP contribution is 2.48. The molecule has 0 saturated heterocycles. The molecule has 0 N–H and O–H groups in total. The minimum absolute atomic E-state index is 0.804. The average Bonchev–Trinajstić information content (AvgIpc) is 4.26. The SMILES string of the molecule is c1ccc(-c2ccc(-n3c4ccc(-c5ccc6oc7cccc(N(c8ccc(-c9cccc%10c9oc9ccccc9%10)cc8)c8cccc9c8oc8ccccc89)c7c6c5)cc4c4c5ccccc5ccc43)cc2)cc1. The Kier molecular flexibility index (Phi) is 8.97. The van der Waals surface area contributed by atoms with Crippen molar-refractivity contribution in [3.05, 3.63) is 255 Å². The van der Waals surface area contributed by atoms with Crippen molar-refractivity contribution >= 4 is 115 Å². The van der Waals surface area contributed by atoms with Gasteiger partial charge in [0.05, 0.1) is 27.8 Å². The molecule has 0 aliphatic heterocycles. The molecule has 0 unspecified atom stereocenters. The fourth-order valence-electron chi connectivity index (χ4n) is 11.9. The number of rotatable bonds is 7. The second kappa shape index (κ2) is 16.2. The number of fused-ring (bicyclic) bond motifs is 14. The van der Waals surface area contributed by atoms with Crippen LogP contribution in [0.15, 0.2) is 268 Å². The van der Waals surface area contributed by atoms with Crippen LogP contribution >= 0.6 is 0 Å². The Bertz CT molecular complexity index is 4940. The lowest BCUT2D eigenvalue weighted by Crippen LogP contribution is -2.10. The molecule has 16 aromatic rings. The van der Waals surface area contributed by atoms with Crippen LogP contribution in [0.2, 0.25) is 0 Å². The van der Waals surface area contributed by atoms with Crippen molar-refractivity contribution in [2.45, 2.75) is 0 Å². The summed E-state index contributed by atoms with van der Waals surface area (Å²) in [4.78, 5) is 2.33. The number of para-hydroxylation sites is 4. The van der Waals surface area contributed by atoms with E-state index in [9.17, 15) is 0 Å². The second-order valence-electron chi connectivity index (χ2n) is 19.5. The van der Waals surface area contributed by atoms with Crippen LogP contribution in [0.1, 0.15) is 0 Å². The molecule has 0 radical (unpaired) electrons. The Labute approximate surface area is 429 Å². The third-order valence-electron chi connectivity index (χ3n) is 15.4. The highest BCUT2D eigenvalue weighted by molar-refractivity contribution is 6.22. The predicted molar refractivity (Wildman–Crippen MR) is 311 cm³/mol. The molecule has 0 aliphatic rings. The maximum atomic E-state index is 6.80. The standard InChI is InChI=1S/C70H42N2O3/c1-2-13-43(14-3-1)44-27-34-49(35-28-44)71-59-38-32-47(41-57(59)67-51-16-5-4-15-45(51)31-39-61(67)71)48-33-40-65-58(42-48)68-60(22-12-26-66(68)73-65)72(62-23-11-21-56-54-18-7-9-25-64(54)75-70(56)62)50-36-29-46(30-37-50)52-19-10-20-55-53-17-6-8-24-63(53)74-69(52)55/h1-42H. The third kappa shape index (κ3) is 6.38. The average molecular weight is 959 g/mol. The number of nitrogens with zero attached hydrogens (tertiary/aromatic N) is 2. The summed E-state index contributed by atoms with van der Waals surface area (Å²) in [6.07, 6.45) is 0. The molecule has 0 atom stereocenters. The molecular formula is C70H42N2O3. The molecule has 12 aromatic carbocycles. The second-order valence-corrected chi connectivity index (χ2v) is 19.5. The van der Waals surface area contributed by atoms with E-state index >= 15 is 0 Å². The maximum Gasteiger partial charge on any atom is 0.159 e. The van der Waals surface area contributed by atoms with Crippen LogP contribution in [0.4, 0.5) is 17.1 Å². The normalized spacial score (nSPS) is 12.0. The van der Waals surface area contributed by atoms with Gasteiger partial charge < -0.3 is 22.7 Å². The number of benzene rings is 12. The van der Waals surface area contributed by atoms with Gasteiger partial charge in [-0.3, -0.25) is 0 Å². The van der Waals surface area contributed by atoms with Gasteiger partial charge in [-0.2, -0.15) is 0 Å². The monoisotopic (exact) mass is 958 g/mol. The molecule has 4 aromatic heterocycles. The minimum Gasteiger partial charge on any atom is -0.456 e. The van der Waals surface area contributed by atoms with Crippen molar-refractivity contribution in [1.29, 1.82) is 0 Å². The predicted octanol–water partition coefficient (Wildman–Crippen LogP) is 20.1. The van der Waals surface area contributed by atoms with Gasteiger partial charge in [-0.15, -0.1) is 0 Å². The number of furan rings is 3. The van der Waals surface area contributed by atoms with E-state index in [1.807, 2.05) is 24.3 Å². The summed E-state index contributed by atoms with van der Waals surface area (Å²) in [6, 6.07) is 90.9. The van der Waals surface area contributed by atoms with Gasteiger partial charge in [0.1, 0.15) is 27.9 Å². The Morgan fingerprint density at radius 2 is 0.853 bits per heavy atom. The molecule has 0 aliphatic carbocycles. The lowest BCUT2D eigenvalue weighted by molar-refractivity contribution is 0.668. The van der Waals surface area contributed by atoms with E-state index in [0.717, 1.165) is 116 Å². The van der Waals surface area contributed by atoms with E-state index in [4.69, 9.17) is 13.3 Å². The first-order valence-corrected chi connectivity index (χ1v) is 25.5. The van der Waals surface area contributed by atoms with Gasteiger partial charge in [-0.1, -0.05) is 170 Å². The summed E-state index contributed by atoms with van der Waals surface area (Å²) in [7, 11) is 0. The molecule has 16 rings (SSSR count). The zero-order valence-corrected chi connectivity index (χ0v) is 40.4. The lowest BCUT2D eigenvalue weighted by Gasteiger charge is -2.26. The first-order chi connectivity index (χ1) is 37.2. The van der Waals surface area contributed by atoms with E-state index in [1.165, 1.54) is 38.2 Å². The summed E-state index contributed by atoms with van der Waals surface area (Å²) in [5, 5.41) is 11.3. The van der Waals surface area contributed by atoms with Crippen molar-refractivity contribution in [3.8, 4) is 39.1 Å². The molecule has 0 spiro atoms. The van der Waals surface area contributed by atoms with E-state index in [2.05, 4.69) is 240 Å². The first-order valence-electron chi connectivity index (χ1n) is 25.5. The van der Waals surface area contributed by atoms with Crippen LogP contribution < -0.4 is 4.90 Å². The molecule has 5 heteroatoms. The van der Waals surface area contributed by atoms with E-state index < -0.39 is 0 Å². The highest BCUT2D eigenvalue weighted by Gasteiger charge is 2.25. The molecular weight excluding hydrogens is 917 g/mol. The largest absolute Gasteiger partial charge is 0.456 e. The van der Waals surface area contributed by atoms with Gasteiger partial charge in [0.25, 0.3) is 0 Å². The molecule has 0 amide bonds. The Hall–Kier alpha value is -10.1. The van der Waals surface area contributed by atoms with Gasteiger partial charge in [-0.25, -0.2) is 0 Å². The molecule has 0 fully saturated rings. The van der Waals surface area contributed by atoms with Crippen LogP contribution in [0.3, 0.4) is 0 Å². The number of hydrogen-bond acceptors (Lipinski definition) is 4. The van der Waals surface area contributed by atoms with Crippen LogP contribution in [0, 0.1) is 0 Å². The summed E-state index contributed by atoms with van der Waals surface area (Å²) in [5.74, 6) is 0. The van der Waals surface area contributed by atoms with Gasteiger partial charge in [0, 0.05) is 54.6 Å². The molecule has 75 heavy (non-hydrogen) atoms. The zero-order chi connectivity index (χ0) is 49.1. The fourth-order valence-corrected chi connectivity index (χ4v) is 11.9. The topological polar surface area (TPSA) is 47.6 Å². The van der Waals surface area contributed by atoms with Gasteiger partial charge in [0.15, 0.2) is 5.58 Å². The Balaban J connectivity index is 0.874. The van der Waals surface area contributed by atoms with Crippen LogP contribution in [-0.4, -0.2) is 4.57 Å². The fraction of sp³-hybridized carbons (Fsp3) is 0. The van der Waals surface area contributed by atoms with Gasteiger partial charge in [-0.05, 0) is 124 Å². The van der Waals surface area contributed by atoms with Crippen LogP contribution in [0.5, 0.6) is 0 Å². The van der Waals surface area contributed by atoms with Crippen molar-refractivity contribution in [1.82, 2.24) is 4.57 Å². The molecule has 350 valence electrons. The summed E-state index contributed by atoms with van der Waals surface area (Å²) in [5.41, 5.74) is 18.1. The number of hydrogen-bond donors (Lipinski definition) is 0. The molecule has 5 nitrogen and oxygen atoms in total. The number of aromatic nitrogens is 1. The van der Waals surface area contributed by atoms with E-state index in [-0.39, 0.29) is 0 Å². The van der Waals surface area contributed by atoms with E-state index in [0.29, 0.717) is 0 Å². The zero-order valence-electron chi connectivity index (χ0n) is 40.4. The van der Waals surface area contributed by atoms with Crippen molar-refractivity contribution in [2.24, 2.45) is 0 Å². The molecule has 0 bridgehead atoms. The summed E-state index contributed by atoms with van der Waals surface area (Å²) < 4.78 is 22.5. The third-order valence-corrected chi connectivity index (χ3v) is 15.4. The quantitative estimate of drug-likeness (QED) is 0.160. The van der Waals surface area contributed by atoms with Crippen molar-refractivity contribution < 1.29 is 13.3 Å². The summed E-state index contributed by atoms with van der Waals surface area (Å²) in [6.45, 7) is 0. The van der Waals surface area contributed by atoms with Crippen molar-refractivity contribution in [2.75, 3.05) is 4.90 Å². The first kappa shape index (κ1) is 41.5. The molecule has 0 saturated carbocycles. The Morgan fingerprint density at radius 1 is 0.293 bits per heavy atom. The molecule has 4 heterocycles. The van der Waals surface area contributed by atoms with Gasteiger partial charge in [0.2, 0.25) is 0 Å². The number of anilines is 3. The highest BCUT2D eigenvalue weighted by atomic mass is 16.3.